The molecule has 92 valence electrons. The van der Waals surface area contributed by atoms with Crippen LogP contribution < -0.4 is 4.72 Å². The van der Waals surface area contributed by atoms with Crippen LogP contribution in [0.2, 0.25) is 0 Å². The minimum atomic E-state index is -0.996. The maximum Gasteiger partial charge on any atom is 0.324 e. The maximum atomic E-state index is 11.1. The fraction of sp³-hybridized carbons (Fsp3) is 0.333. The van der Waals surface area contributed by atoms with E-state index in [2.05, 4.69) is 4.72 Å². The number of Topliss-reactive ketones (excluding diaryl/α,β-unsaturated/α-hetero) is 1. The van der Waals surface area contributed by atoms with Crippen LogP contribution in [0.15, 0.2) is 29.2 Å². The Bertz CT molecular complexity index is 426. The first-order chi connectivity index (χ1) is 7.83. The molecular formula is C12H15NO3S. The van der Waals surface area contributed by atoms with Crippen molar-refractivity contribution < 1.29 is 14.7 Å². The van der Waals surface area contributed by atoms with Gasteiger partial charge in [-0.2, -0.15) is 0 Å². The van der Waals surface area contributed by atoms with Gasteiger partial charge in [-0.3, -0.25) is 9.59 Å². The van der Waals surface area contributed by atoms with Gasteiger partial charge in [-0.05, 0) is 44.9 Å². The Balaban J connectivity index is 2.65. The van der Waals surface area contributed by atoms with Crippen LogP contribution in [-0.4, -0.2) is 22.4 Å². The average molecular weight is 253 g/mol. The molecule has 17 heavy (non-hydrogen) atoms. The molecule has 1 rings (SSSR count). The van der Waals surface area contributed by atoms with E-state index in [1.807, 2.05) is 0 Å². The van der Waals surface area contributed by atoms with Crippen molar-refractivity contribution in [3.05, 3.63) is 29.8 Å². The van der Waals surface area contributed by atoms with Crippen LogP contribution in [0.1, 0.15) is 31.1 Å². The van der Waals surface area contributed by atoms with E-state index >= 15 is 0 Å². The number of benzene rings is 1. The van der Waals surface area contributed by atoms with Crippen molar-refractivity contribution >= 4 is 23.7 Å². The van der Waals surface area contributed by atoms with Gasteiger partial charge in [0.05, 0.1) is 0 Å². The third-order valence-corrected chi connectivity index (χ3v) is 3.34. The van der Waals surface area contributed by atoms with Gasteiger partial charge in [0.1, 0.15) is 5.54 Å². The topological polar surface area (TPSA) is 66.4 Å². The molecule has 0 atom stereocenters. The molecule has 0 aromatic heterocycles. The summed E-state index contributed by atoms with van der Waals surface area (Å²) in [4.78, 5) is 22.8. The van der Waals surface area contributed by atoms with Crippen LogP contribution in [0.3, 0.4) is 0 Å². The summed E-state index contributed by atoms with van der Waals surface area (Å²) in [6, 6.07) is 7.01. The highest BCUT2D eigenvalue weighted by Crippen LogP contribution is 2.19. The highest BCUT2D eigenvalue weighted by molar-refractivity contribution is 7.97. The van der Waals surface area contributed by atoms with E-state index in [1.54, 1.807) is 38.1 Å². The van der Waals surface area contributed by atoms with Gasteiger partial charge in [-0.1, -0.05) is 12.1 Å². The zero-order valence-corrected chi connectivity index (χ0v) is 10.8. The van der Waals surface area contributed by atoms with Crippen LogP contribution in [0.25, 0.3) is 0 Å². The monoisotopic (exact) mass is 253 g/mol. The summed E-state index contributed by atoms with van der Waals surface area (Å²) in [6.07, 6.45) is 0. The summed E-state index contributed by atoms with van der Waals surface area (Å²) in [6.45, 7) is 4.69. The van der Waals surface area contributed by atoms with Crippen LogP contribution in [0, 0.1) is 0 Å². The van der Waals surface area contributed by atoms with Gasteiger partial charge in [-0.15, -0.1) is 0 Å². The van der Waals surface area contributed by atoms with Crippen molar-refractivity contribution in [2.45, 2.75) is 31.2 Å². The predicted molar refractivity (Wildman–Crippen MR) is 67.2 cm³/mol. The van der Waals surface area contributed by atoms with Gasteiger partial charge in [0.25, 0.3) is 0 Å². The molecular weight excluding hydrogens is 238 g/mol. The zero-order chi connectivity index (χ0) is 13.1. The molecule has 5 heteroatoms. The molecule has 0 unspecified atom stereocenters. The first kappa shape index (κ1) is 13.7. The van der Waals surface area contributed by atoms with E-state index in [4.69, 9.17) is 5.11 Å². The van der Waals surface area contributed by atoms with Gasteiger partial charge in [0, 0.05) is 10.5 Å². The van der Waals surface area contributed by atoms with E-state index in [0.717, 1.165) is 4.90 Å². The van der Waals surface area contributed by atoms with Crippen LogP contribution in [0.5, 0.6) is 0 Å². The Morgan fingerprint density at radius 1 is 1.24 bits per heavy atom. The lowest BCUT2D eigenvalue weighted by Gasteiger charge is -2.19. The quantitative estimate of drug-likeness (QED) is 0.623. The molecule has 2 N–H and O–H groups in total. The second-order valence-electron chi connectivity index (χ2n) is 4.21. The highest BCUT2D eigenvalue weighted by Gasteiger charge is 2.26. The lowest BCUT2D eigenvalue weighted by molar-refractivity contribution is -0.142. The summed E-state index contributed by atoms with van der Waals surface area (Å²) < 4.78 is 2.86. The lowest BCUT2D eigenvalue weighted by atomic mass is 10.1. The largest absolute Gasteiger partial charge is 0.480 e. The molecule has 0 saturated heterocycles. The van der Waals surface area contributed by atoms with Crippen LogP contribution in [-0.2, 0) is 4.79 Å². The SMILES string of the molecule is CC(=O)c1ccc(SNC(C)(C)C(=O)O)cc1. The second-order valence-corrected chi connectivity index (χ2v) is 5.09. The van der Waals surface area contributed by atoms with E-state index in [9.17, 15) is 9.59 Å². The molecule has 0 amide bonds. The molecule has 0 aliphatic carbocycles. The Kier molecular flexibility index (Phi) is 4.31. The molecule has 4 nitrogen and oxygen atoms in total. The third kappa shape index (κ3) is 3.87. The Labute approximate surface area is 105 Å². The van der Waals surface area contributed by atoms with Gasteiger partial charge in [0.2, 0.25) is 0 Å². The number of carboxylic acids is 1. The molecule has 1 aromatic rings. The second kappa shape index (κ2) is 5.33. The van der Waals surface area contributed by atoms with Crippen molar-refractivity contribution in [1.82, 2.24) is 4.72 Å². The number of hydrogen-bond acceptors (Lipinski definition) is 4. The maximum absolute atomic E-state index is 11.1. The third-order valence-electron chi connectivity index (χ3n) is 2.22. The van der Waals surface area contributed by atoms with Gasteiger partial charge < -0.3 is 5.11 Å². The number of carbonyl (C=O) groups excluding carboxylic acids is 1. The number of aliphatic carboxylic acids is 1. The molecule has 0 radical (unpaired) electrons. The Hall–Kier alpha value is -1.33. The van der Waals surface area contributed by atoms with Crippen LogP contribution in [0.4, 0.5) is 0 Å². The molecule has 0 spiro atoms. The number of carbonyl (C=O) groups is 2. The fourth-order valence-corrected chi connectivity index (χ4v) is 1.72. The summed E-state index contributed by atoms with van der Waals surface area (Å²) in [7, 11) is 0. The number of ketones is 1. The van der Waals surface area contributed by atoms with E-state index in [-0.39, 0.29) is 5.78 Å². The zero-order valence-electron chi connectivity index (χ0n) is 9.98. The van der Waals surface area contributed by atoms with Crippen molar-refractivity contribution in [2.24, 2.45) is 0 Å². The smallest absolute Gasteiger partial charge is 0.324 e. The molecule has 0 heterocycles. The number of rotatable bonds is 5. The summed E-state index contributed by atoms with van der Waals surface area (Å²) in [5.74, 6) is -0.897. The van der Waals surface area contributed by atoms with E-state index in [0.29, 0.717) is 5.56 Å². The normalized spacial score (nSPS) is 11.2. The van der Waals surface area contributed by atoms with E-state index < -0.39 is 11.5 Å². The first-order valence-electron chi connectivity index (χ1n) is 5.11. The predicted octanol–water partition coefficient (Wildman–Crippen LogP) is 2.35. The standard InChI is InChI=1S/C12H15NO3S/c1-8(14)9-4-6-10(7-5-9)17-13-12(2,3)11(15)16/h4-7,13H,1-3H3,(H,15,16). The molecule has 0 fully saturated rings. The molecule has 0 saturated carbocycles. The summed E-state index contributed by atoms with van der Waals surface area (Å²) >= 11 is 1.23. The number of hydrogen-bond donors (Lipinski definition) is 2. The minimum Gasteiger partial charge on any atom is -0.480 e. The number of carboxylic acid groups (broad SMARTS) is 1. The number of nitrogens with one attached hydrogen (secondary N) is 1. The van der Waals surface area contributed by atoms with Crippen molar-refractivity contribution in [3.8, 4) is 0 Å². The van der Waals surface area contributed by atoms with E-state index in [1.165, 1.54) is 18.9 Å². The highest BCUT2D eigenvalue weighted by atomic mass is 32.2. The Morgan fingerprint density at radius 3 is 2.18 bits per heavy atom. The summed E-state index contributed by atoms with van der Waals surface area (Å²) in [5, 5.41) is 8.92. The molecule has 0 aliphatic rings. The van der Waals surface area contributed by atoms with Crippen molar-refractivity contribution in [1.29, 1.82) is 0 Å². The lowest BCUT2D eigenvalue weighted by Crippen LogP contribution is -2.42. The average Bonchev–Trinajstić information content (AvgIpc) is 2.27. The molecule has 0 bridgehead atoms. The Morgan fingerprint density at radius 2 is 1.76 bits per heavy atom. The van der Waals surface area contributed by atoms with Crippen LogP contribution >= 0.6 is 11.9 Å². The molecule has 0 aliphatic heterocycles. The van der Waals surface area contributed by atoms with Gasteiger partial charge in [-0.25, -0.2) is 4.72 Å². The van der Waals surface area contributed by atoms with Gasteiger partial charge in [0.15, 0.2) is 5.78 Å². The first-order valence-corrected chi connectivity index (χ1v) is 5.93. The summed E-state index contributed by atoms with van der Waals surface area (Å²) in [5.41, 5.74) is -0.351. The van der Waals surface area contributed by atoms with Crippen molar-refractivity contribution in [2.75, 3.05) is 0 Å². The fourth-order valence-electron chi connectivity index (χ4n) is 0.988. The van der Waals surface area contributed by atoms with Crippen molar-refractivity contribution in [3.63, 3.8) is 0 Å². The van der Waals surface area contributed by atoms with Gasteiger partial charge >= 0.3 is 5.97 Å². The molecule has 1 aromatic carbocycles. The minimum absolute atomic E-state index is 0.0142.